The van der Waals surface area contributed by atoms with E-state index in [0.717, 1.165) is 5.56 Å². The maximum atomic E-state index is 12.8. The van der Waals surface area contributed by atoms with E-state index in [1.165, 1.54) is 4.90 Å². The molecule has 0 atom stereocenters. The molecule has 32 heavy (non-hydrogen) atoms. The Morgan fingerprint density at radius 2 is 1.59 bits per heavy atom. The quantitative estimate of drug-likeness (QED) is 0.631. The number of hydrogen-bond acceptors (Lipinski definition) is 5. The third-order valence-corrected chi connectivity index (χ3v) is 5.50. The SMILES string of the molecule is O=C(NCc1cccc2c1OCCO2)c1cccc(CN2C(=O)c3ccccc3C2=O)c1. The zero-order chi connectivity index (χ0) is 22.1. The normalized spacial score (nSPS) is 14.3. The van der Waals surface area contributed by atoms with E-state index in [9.17, 15) is 14.4 Å². The molecule has 0 unspecified atom stereocenters. The molecule has 3 aromatic rings. The van der Waals surface area contributed by atoms with Crippen LogP contribution in [0.3, 0.4) is 0 Å². The van der Waals surface area contributed by atoms with Gasteiger partial charge in [-0.3, -0.25) is 19.3 Å². The minimum atomic E-state index is -0.323. The van der Waals surface area contributed by atoms with E-state index >= 15 is 0 Å². The van der Waals surface area contributed by atoms with Crippen LogP contribution in [0.5, 0.6) is 11.5 Å². The van der Waals surface area contributed by atoms with Gasteiger partial charge in [-0.05, 0) is 35.9 Å². The molecule has 0 radical (unpaired) electrons. The fourth-order valence-electron chi connectivity index (χ4n) is 3.93. The van der Waals surface area contributed by atoms with Gasteiger partial charge in [0.15, 0.2) is 11.5 Å². The number of amides is 3. The molecule has 0 fully saturated rings. The van der Waals surface area contributed by atoms with Gasteiger partial charge in [0.05, 0.1) is 17.7 Å². The van der Waals surface area contributed by atoms with Gasteiger partial charge in [0.2, 0.25) is 0 Å². The fraction of sp³-hybridized carbons (Fsp3) is 0.160. The molecule has 160 valence electrons. The Labute approximate surface area is 184 Å². The van der Waals surface area contributed by atoms with Gasteiger partial charge in [-0.15, -0.1) is 0 Å². The van der Waals surface area contributed by atoms with Crippen molar-refractivity contribution in [3.8, 4) is 11.5 Å². The molecule has 0 aliphatic carbocycles. The maximum absolute atomic E-state index is 12.8. The molecule has 5 rings (SSSR count). The van der Waals surface area contributed by atoms with Crippen molar-refractivity contribution in [2.45, 2.75) is 13.1 Å². The molecule has 7 nitrogen and oxygen atoms in total. The van der Waals surface area contributed by atoms with Crippen molar-refractivity contribution in [3.05, 3.63) is 94.5 Å². The van der Waals surface area contributed by atoms with Gasteiger partial charge in [0.25, 0.3) is 17.7 Å². The van der Waals surface area contributed by atoms with E-state index in [2.05, 4.69) is 5.32 Å². The fourth-order valence-corrected chi connectivity index (χ4v) is 3.93. The monoisotopic (exact) mass is 428 g/mol. The summed E-state index contributed by atoms with van der Waals surface area (Å²) in [7, 11) is 0. The Hall–Kier alpha value is -4.13. The van der Waals surface area contributed by atoms with Crippen LogP contribution in [0.25, 0.3) is 0 Å². The van der Waals surface area contributed by atoms with Crippen LogP contribution in [-0.2, 0) is 13.1 Å². The molecule has 0 saturated heterocycles. The van der Waals surface area contributed by atoms with E-state index < -0.39 is 0 Å². The predicted octanol–water partition coefficient (Wildman–Crippen LogP) is 3.18. The Kier molecular flexibility index (Phi) is 5.07. The minimum Gasteiger partial charge on any atom is -0.486 e. The number of fused-ring (bicyclic) bond motifs is 2. The van der Waals surface area contributed by atoms with Gasteiger partial charge in [-0.2, -0.15) is 0 Å². The standard InChI is InChI=1S/C25H20N2O5/c28-23(26-14-18-7-4-10-21-22(18)32-12-11-31-21)17-6-3-5-16(13-17)15-27-24(29)19-8-1-2-9-20(19)25(27)30/h1-10,13H,11-12,14-15H2,(H,26,28). The summed E-state index contributed by atoms with van der Waals surface area (Å²) in [6.45, 7) is 1.36. The van der Waals surface area contributed by atoms with Crippen LogP contribution in [0.4, 0.5) is 0 Å². The summed E-state index contributed by atoms with van der Waals surface area (Å²) in [4.78, 5) is 39.2. The third kappa shape index (κ3) is 3.58. The number of carbonyl (C=O) groups is 3. The average Bonchev–Trinajstić information content (AvgIpc) is 3.07. The van der Waals surface area contributed by atoms with Crippen molar-refractivity contribution in [1.82, 2.24) is 10.2 Å². The van der Waals surface area contributed by atoms with Crippen molar-refractivity contribution in [2.75, 3.05) is 13.2 Å². The molecular weight excluding hydrogens is 408 g/mol. The van der Waals surface area contributed by atoms with Crippen molar-refractivity contribution in [1.29, 1.82) is 0 Å². The Bertz CT molecular complexity index is 1200. The van der Waals surface area contributed by atoms with Crippen molar-refractivity contribution in [3.63, 3.8) is 0 Å². The first kappa shape index (κ1) is 19.8. The highest BCUT2D eigenvalue weighted by molar-refractivity contribution is 6.21. The lowest BCUT2D eigenvalue weighted by molar-refractivity contribution is 0.0642. The molecule has 2 heterocycles. The Morgan fingerprint density at radius 3 is 2.38 bits per heavy atom. The summed E-state index contributed by atoms with van der Waals surface area (Å²) in [5.74, 6) is 0.418. The number of rotatable bonds is 5. The topological polar surface area (TPSA) is 84.9 Å². The number of para-hydroxylation sites is 1. The number of benzene rings is 3. The summed E-state index contributed by atoms with van der Waals surface area (Å²) in [6, 6.07) is 19.3. The Morgan fingerprint density at radius 1 is 0.875 bits per heavy atom. The number of hydrogen-bond donors (Lipinski definition) is 1. The largest absolute Gasteiger partial charge is 0.486 e. The van der Waals surface area contributed by atoms with Crippen LogP contribution in [-0.4, -0.2) is 35.8 Å². The summed E-state index contributed by atoms with van der Waals surface area (Å²) in [5, 5.41) is 2.90. The number of carbonyl (C=O) groups excluding carboxylic acids is 3. The van der Waals surface area contributed by atoms with Crippen molar-refractivity contribution in [2.24, 2.45) is 0 Å². The summed E-state index contributed by atoms with van der Waals surface area (Å²) >= 11 is 0. The summed E-state index contributed by atoms with van der Waals surface area (Å²) in [5.41, 5.74) is 2.78. The van der Waals surface area contributed by atoms with Crippen LogP contribution in [0.1, 0.15) is 42.2 Å². The van der Waals surface area contributed by atoms with Crippen LogP contribution >= 0.6 is 0 Å². The first-order chi connectivity index (χ1) is 15.6. The smallest absolute Gasteiger partial charge is 0.261 e. The van der Waals surface area contributed by atoms with E-state index in [4.69, 9.17) is 9.47 Å². The molecule has 1 N–H and O–H groups in total. The highest BCUT2D eigenvalue weighted by Crippen LogP contribution is 2.33. The first-order valence-corrected chi connectivity index (χ1v) is 10.3. The summed E-state index contributed by atoms with van der Waals surface area (Å²) in [6.07, 6.45) is 0. The second-order valence-electron chi connectivity index (χ2n) is 7.57. The summed E-state index contributed by atoms with van der Waals surface area (Å²) < 4.78 is 11.3. The molecular formula is C25H20N2O5. The van der Waals surface area contributed by atoms with Gasteiger partial charge in [0.1, 0.15) is 13.2 Å². The van der Waals surface area contributed by atoms with Crippen molar-refractivity contribution < 1.29 is 23.9 Å². The molecule has 0 saturated carbocycles. The van der Waals surface area contributed by atoms with Crippen molar-refractivity contribution >= 4 is 17.7 Å². The zero-order valence-corrected chi connectivity index (χ0v) is 17.2. The number of nitrogens with zero attached hydrogens (tertiary/aromatic N) is 1. The lowest BCUT2D eigenvalue weighted by Crippen LogP contribution is -2.29. The number of imide groups is 1. The molecule has 3 aromatic carbocycles. The highest BCUT2D eigenvalue weighted by atomic mass is 16.6. The molecule has 0 aromatic heterocycles. The predicted molar refractivity (Wildman–Crippen MR) is 116 cm³/mol. The first-order valence-electron chi connectivity index (χ1n) is 10.3. The number of nitrogens with one attached hydrogen (secondary N) is 1. The third-order valence-electron chi connectivity index (χ3n) is 5.50. The second kappa shape index (κ2) is 8.19. The van der Waals surface area contributed by atoms with Crippen LogP contribution in [0.15, 0.2) is 66.7 Å². The molecule has 2 aliphatic rings. The minimum absolute atomic E-state index is 0.102. The Balaban J connectivity index is 1.28. The van der Waals surface area contributed by atoms with Gasteiger partial charge in [-0.1, -0.05) is 36.4 Å². The van der Waals surface area contributed by atoms with Crippen LogP contribution in [0.2, 0.25) is 0 Å². The van der Waals surface area contributed by atoms with Crippen LogP contribution < -0.4 is 14.8 Å². The van der Waals surface area contributed by atoms with Gasteiger partial charge in [-0.25, -0.2) is 0 Å². The highest BCUT2D eigenvalue weighted by Gasteiger charge is 2.35. The van der Waals surface area contributed by atoms with E-state index in [-0.39, 0.29) is 30.8 Å². The maximum Gasteiger partial charge on any atom is 0.261 e. The van der Waals surface area contributed by atoms with E-state index in [1.807, 2.05) is 18.2 Å². The molecule has 0 bridgehead atoms. The van der Waals surface area contributed by atoms with Gasteiger partial charge in [0, 0.05) is 17.7 Å². The number of ether oxygens (including phenoxy) is 2. The van der Waals surface area contributed by atoms with E-state index in [0.29, 0.717) is 47.0 Å². The molecule has 3 amide bonds. The second-order valence-corrected chi connectivity index (χ2v) is 7.57. The van der Waals surface area contributed by atoms with Crippen LogP contribution in [0, 0.1) is 0 Å². The average molecular weight is 428 g/mol. The molecule has 2 aliphatic heterocycles. The van der Waals surface area contributed by atoms with Gasteiger partial charge >= 0.3 is 0 Å². The molecule has 7 heteroatoms. The lowest BCUT2D eigenvalue weighted by atomic mass is 10.1. The lowest BCUT2D eigenvalue weighted by Gasteiger charge is -2.21. The van der Waals surface area contributed by atoms with E-state index in [1.54, 1.807) is 48.5 Å². The van der Waals surface area contributed by atoms with Gasteiger partial charge < -0.3 is 14.8 Å². The molecule has 0 spiro atoms. The zero-order valence-electron chi connectivity index (χ0n) is 17.2.